The van der Waals surface area contributed by atoms with Crippen molar-refractivity contribution in [2.24, 2.45) is 4.99 Å². The van der Waals surface area contributed by atoms with Crippen LogP contribution in [-0.2, 0) is 19.0 Å². The van der Waals surface area contributed by atoms with Crippen LogP contribution in [-0.4, -0.2) is 42.8 Å². The number of esters is 1. The Hall–Kier alpha value is -2.50. The Morgan fingerprint density at radius 1 is 1.00 bits per heavy atom. The van der Waals surface area contributed by atoms with Gasteiger partial charge < -0.3 is 14.2 Å². The van der Waals surface area contributed by atoms with Crippen molar-refractivity contribution in [1.29, 1.82) is 0 Å². The first-order valence-electron chi connectivity index (χ1n) is 10.1. The second-order valence-corrected chi connectivity index (χ2v) is 8.01. The van der Waals surface area contributed by atoms with E-state index in [-0.39, 0.29) is 12.3 Å². The van der Waals surface area contributed by atoms with Gasteiger partial charge in [-0.3, -0.25) is 4.99 Å². The van der Waals surface area contributed by atoms with Crippen LogP contribution in [0.25, 0.3) is 0 Å². The Morgan fingerprint density at radius 2 is 1.52 bits per heavy atom. The highest BCUT2D eigenvalue weighted by Gasteiger charge is 2.28. The van der Waals surface area contributed by atoms with Gasteiger partial charge in [-0.25, -0.2) is 4.79 Å². The molecule has 29 heavy (non-hydrogen) atoms. The summed E-state index contributed by atoms with van der Waals surface area (Å²) in [5.41, 5.74) is 2.11. The second kappa shape index (κ2) is 9.81. The highest BCUT2D eigenvalue weighted by Crippen LogP contribution is 2.20. The van der Waals surface area contributed by atoms with Crippen molar-refractivity contribution in [2.75, 3.05) is 13.2 Å². The largest absolute Gasteiger partial charge is 0.458 e. The van der Waals surface area contributed by atoms with Crippen molar-refractivity contribution < 1.29 is 19.0 Å². The standard InChI is InChI=1S/C24H29NO4/c1-24(2,3)29-23(26)20(14-15-21-27-16-17-28-21)25-22(18-10-6-4-7-11-18)19-12-8-5-9-13-19/h4-13,20-21H,14-17H2,1-3H3/t20-/m1/s1. The topological polar surface area (TPSA) is 57.1 Å². The van der Waals surface area contributed by atoms with Crippen molar-refractivity contribution in [3.8, 4) is 0 Å². The normalized spacial score (nSPS) is 15.7. The number of nitrogens with zero attached hydrogens (tertiary/aromatic N) is 1. The van der Waals surface area contributed by atoms with Gasteiger partial charge in [0.2, 0.25) is 0 Å². The summed E-state index contributed by atoms with van der Waals surface area (Å²) in [6, 6.07) is 19.2. The third-order valence-corrected chi connectivity index (χ3v) is 4.42. The quantitative estimate of drug-likeness (QED) is 0.515. The van der Waals surface area contributed by atoms with Crippen LogP contribution >= 0.6 is 0 Å². The van der Waals surface area contributed by atoms with E-state index >= 15 is 0 Å². The summed E-state index contributed by atoms with van der Waals surface area (Å²) in [5.74, 6) is -0.333. The van der Waals surface area contributed by atoms with Crippen LogP contribution in [0.15, 0.2) is 65.7 Å². The van der Waals surface area contributed by atoms with Gasteiger partial charge in [0, 0.05) is 17.5 Å². The molecule has 154 valence electrons. The first-order chi connectivity index (χ1) is 13.9. The van der Waals surface area contributed by atoms with Gasteiger partial charge in [0.15, 0.2) is 6.29 Å². The molecular weight excluding hydrogens is 366 g/mol. The number of rotatable bonds is 7. The molecule has 1 fully saturated rings. The molecule has 5 heteroatoms. The summed E-state index contributed by atoms with van der Waals surface area (Å²) in [7, 11) is 0. The zero-order valence-electron chi connectivity index (χ0n) is 17.3. The van der Waals surface area contributed by atoms with Crippen molar-refractivity contribution in [1.82, 2.24) is 0 Å². The van der Waals surface area contributed by atoms with Crippen molar-refractivity contribution >= 4 is 11.7 Å². The molecule has 1 heterocycles. The molecule has 3 rings (SSSR count). The summed E-state index contributed by atoms with van der Waals surface area (Å²) >= 11 is 0. The van der Waals surface area contributed by atoms with Crippen LogP contribution in [0.4, 0.5) is 0 Å². The maximum atomic E-state index is 13.0. The highest BCUT2D eigenvalue weighted by atomic mass is 16.7. The minimum Gasteiger partial charge on any atom is -0.458 e. The summed E-state index contributed by atoms with van der Waals surface area (Å²) in [6.45, 7) is 6.77. The predicted molar refractivity (Wildman–Crippen MR) is 113 cm³/mol. The van der Waals surface area contributed by atoms with E-state index in [1.165, 1.54) is 0 Å². The van der Waals surface area contributed by atoms with Gasteiger partial charge in [0.1, 0.15) is 11.6 Å². The van der Waals surface area contributed by atoms with E-state index in [4.69, 9.17) is 19.2 Å². The van der Waals surface area contributed by atoms with Crippen LogP contribution in [0.5, 0.6) is 0 Å². The summed E-state index contributed by atoms with van der Waals surface area (Å²) in [5, 5.41) is 0. The molecule has 0 bridgehead atoms. The van der Waals surface area contributed by atoms with Crippen LogP contribution in [0.2, 0.25) is 0 Å². The second-order valence-electron chi connectivity index (χ2n) is 8.01. The summed E-state index contributed by atoms with van der Waals surface area (Å²) < 4.78 is 16.7. The van der Waals surface area contributed by atoms with Crippen LogP contribution in [0, 0.1) is 0 Å². The number of aliphatic imine (C=N–C) groups is 1. The van der Waals surface area contributed by atoms with Gasteiger partial charge in [-0.2, -0.15) is 0 Å². The van der Waals surface area contributed by atoms with Crippen LogP contribution in [0.1, 0.15) is 44.7 Å². The maximum Gasteiger partial charge on any atom is 0.331 e. The van der Waals surface area contributed by atoms with E-state index < -0.39 is 11.6 Å². The van der Waals surface area contributed by atoms with Crippen molar-refractivity contribution in [3.63, 3.8) is 0 Å². The van der Waals surface area contributed by atoms with E-state index in [2.05, 4.69) is 0 Å². The average Bonchev–Trinajstić information content (AvgIpc) is 3.22. The number of hydrogen-bond donors (Lipinski definition) is 0. The Labute approximate surface area is 172 Å². The molecule has 5 nitrogen and oxygen atoms in total. The zero-order chi connectivity index (χ0) is 20.7. The molecular formula is C24H29NO4. The minimum absolute atomic E-state index is 0.285. The number of carbonyl (C=O) groups is 1. The van der Waals surface area contributed by atoms with Gasteiger partial charge in [-0.15, -0.1) is 0 Å². The third kappa shape index (κ3) is 6.51. The molecule has 1 saturated heterocycles. The van der Waals surface area contributed by atoms with E-state index in [9.17, 15) is 4.79 Å². The molecule has 0 spiro atoms. The lowest BCUT2D eigenvalue weighted by atomic mass is 10.0. The molecule has 0 amide bonds. The molecule has 0 saturated carbocycles. The molecule has 2 aromatic rings. The fraction of sp³-hybridized carbons (Fsp3) is 0.417. The van der Waals surface area contributed by atoms with Gasteiger partial charge in [0.05, 0.1) is 18.9 Å². The number of hydrogen-bond acceptors (Lipinski definition) is 5. The monoisotopic (exact) mass is 395 g/mol. The molecule has 0 radical (unpaired) electrons. The van der Waals surface area contributed by atoms with E-state index in [0.717, 1.165) is 16.8 Å². The van der Waals surface area contributed by atoms with Crippen LogP contribution in [0.3, 0.4) is 0 Å². The third-order valence-electron chi connectivity index (χ3n) is 4.42. The van der Waals surface area contributed by atoms with Gasteiger partial charge in [0.25, 0.3) is 0 Å². The van der Waals surface area contributed by atoms with Crippen molar-refractivity contribution in [2.45, 2.75) is 51.5 Å². The summed E-state index contributed by atoms with van der Waals surface area (Å²) in [6.07, 6.45) is 0.791. The Bertz CT molecular complexity index is 764. The van der Waals surface area contributed by atoms with Gasteiger partial charge in [-0.05, 0) is 27.2 Å². The molecule has 0 unspecified atom stereocenters. The predicted octanol–water partition coefficient (Wildman–Crippen LogP) is 4.39. The average molecular weight is 395 g/mol. The Balaban J connectivity index is 1.93. The SMILES string of the molecule is CC(C)(C)OC(=O)[C@@H](CCC1OCCO1)N=C(c1ccccc1)c1ccccc1. The Morgan fingerprint density at radius 3 is 2.00 bits per heavy atom. The lowest BCUT2D eigenvalue weighted by Gasteiger charge is -2.23. The van der Waals surface area contributed by atoms with E-state index in [1.54, 1.807) is 0 Å². The smallest absolute Gasteiger partial charge is 0.331 e. The lowest BCUT2D eigenvalue weighted by molar-refractivity contribution is -0.156. The summed E-state index contributed by atoms with van der Waals surface area (Å²) in [4.78, 5) is 17.8. The molecule has 0 N–H and O–H groups in total. The van der Waals surface area contributed by atoms with Gasteiger partial charge >= 0.3 is 5.97 Å². The number of benzene rings is 2. The molecule has 1 aliphatic rings. The van der Waals surface area contributed by atoms with E-state index in [0.29, 0.717) is 26.1 Å². The fourth-order valence-electron chi connectivity index (χ4n) is 3.14. The van der Waals surface area contributed by atoms with Crippen LogP contribution < -0.4 is 0 Å². The molecule has 2 aromatic carbocycles. The van der Waals surface area contributed by atoms with Crippen molar-refractivity contribution in [3.05, 3.63) is 71.8 Å². The first kappa shape index (κ1) is 21.2. The molecule has 1 aliphatic heterocycles. The zero-order valence-corrected chi connectivity index (χ0v) is 17.3. The first-order valence-corrected chi connectivity index (χ1v) is 10.1. The molecule has 0 aliphatic carbocycles. The van der Waals surface area contributed by atoms with E-state index in [1.807, 2.05) is 81.4 Å². The molecule has 1 atom stereocenters. The lowest BCUT2D eigenvalue weighted by Crippen LogP contribution is -2.32. The van der Waals surface area contributed by atoms with Gasteiger partial charge in [-0.1, -0.05) is 60.7 Å². The maximum absolute atomic E-state index is 13.0. The highest BCUT2D eigenvalue weighted by molar-refractivity contribution is 6.13. The minimum atomic E-state index is -0.641. The fourth-order valence-corrected chi connectivity index (χ4v) is 3.14. The Kier molecular flexibility index (Phi) is 7.18. The number of carbonyl (C=O) groups excluding carboxylic acids is 1. The number of ether oxygens (including phenoxy) is 3. The molecule has 0 aromatic heterocycles.